The van der Waals surface area contributed by atoms with Gasteiger partial charge in [-0.05, 0) is 24.3 Å². The molecule has 19 heavy (non-hydrogen) atoms. The molecule has 2 rings (SSSR count). The lowest BCUT2D eigenvalue weighted by atomic mass is 10.2. The van der Waals surface area contributed by atoms with E-state index in [0.29, 0.717) is 21.6 Å². The molecule has 3 N–H and O–H groups in total. The first-order valence-electron chi connectivity index (χ1n) is 5.40. The number of amides is 1. The summed E-state index contributed by atoms with van der Waals surface area (Å²) in [6.45, 7) is 0. The number of rotatable bonds is 4. The van der Waals surface area contributed by atoms with Gasteiger partial charge in [0.25, 0.3) is 0 Å². The summed E-state index contributed by atoms with van der Waals surface area (Å²) >= 11 is 7.04. The van der Waals surface area contributed by atoms with Crippen LogP contribution in [0.2, 0.25) is 5.02 Å². The maximum atomic E-state index is 11.7. The number of aromatic nitrogens is 2. The number of nitrogens with two attached hydrogens (primary N) is 1. The number of hydrogen-bond acceptors (Lipinski definition) is 5. The van der Waals surface area contributed by atoms with Gasteiger partial charge in [0.2, 0.25) is 5.91 Å². The van der Waals surface area contributed by atoms with E-state index in [1.165, 1.54) is 11.8 Å². The Morgan fingerprint density at radius 3 is 2.79 bits per heavy atom. The molecule has 0 radical (unpaired) electrons. The van der Waals surface area contributed by atoms with Crippen molar-refractivity contribution in [1.82, 2.24) is 9.97 Å². The zero-order valence-corrected chi connectivity index (χ0v) is 11.4. The molecular formula is C12H11ClN4OS. The summed E-state index contributed by atoms with van der Waals surface area (Å²) in [7, 11) is 0. The van der Waals surface area contributed by atoms with Crippen molar-refractivity contribution in [1.29, 1.82) is 0 Å². The highest BCUT2D eigenvalue weighted by Gasteiger charge is 2.07. The van der Waals surface area contributed by atoms with E-state index in [0.717, 1.165) is 0 Å². The zero-order valence-electron chi connectivity index (χ0n) is 9.84. The Kier molecular flexibility index (Phi) is 4.59. The third kappa shape index (κ3) is 4.11. The highest BCUT2D eigenvalue weighted by molar-refractivity contribution is 7.99. The van der Waals surface area contributed by atoms with E-state index in [4.69, 9.17) is 17.3 Å². The Hall–Kier alpha value is -1.79. The van der Waals surface area contributed by atoms with E-state index >= 15 is 0 Å². The van der Waals surface area contributed by atoms with Crippen molar-refractivity contribution < 1.29 is 4.79 Å². The predicted molar refractivity (Wildman–Crippen MR) is 77.3 cm³/mol. The lowest BCUT2D eigenvalue weighted by molar-refractivity contribution is -0.113. The molecule has 0 saturated carbocycles. The Bertz CT molecular complexity index is 579. The topological polar surface area (TPSA) is 80.9 Å². The van der Waals surface area contributed by atoms with Crippen LogP contribution in [0.25, 0.3) is 0 Å². The van der Waals surface area contributed by atoms with Crippen LogP contribution in [0.3, 0.4) is 0 Å². The second kappa shape index (κ2) is 6.40. The number of hydrogen-bond donors (Lipinski definition) is 2. The molecule has 1 aromatic heterocycles. The monoisotopic (exact) mass is 294 g/mol. The average molecular weight is 295 g/mol. The summed E-state index contributed by atoms with van der Waals surface area (Å²) in [5.74, 6) is 0.0398. The molecule has 0 aliphatic rings. The molecule has 1 heterocycles. The molecule has 1 amide bonds. The first kappa shape index (κ1) is 13.6. The lowest BCUT2D eigenvalue weighted by Crippen LogP contribution is -2.15. The number of nitrogen functional groups attached to an aromatic ring is 1. The van der Waals surface area contributed by atoms with Gasteiger partial charge in [-0.2, -0.15) is 0 Å². The zero-order chi connectivity index (χ0) is 13.7. The van der Waals surface area contributed by atoms with Crippen LogP contribution < -0.4 is 11.1 Å². The first-order valence-corrected chi connectivity index (χ1v) is 6.76. The van der Waals surface area contributed by atoms with Gasteiger partial charge >= 0.3 is 0 Å². The van der Waals surface area contributed by atoms with Gasteiger partial charge in [0.1, 0.15) is 0 Å². The van der Waals surface area contributed by atoms with Crippen molar-refractivity contribution in [3.8, 4) is 0 Å². The number of carbonyl (C=O) groups excluding carboxylic acids is 1. The molecule has 1 aromatic carbocycles. The summed E-state index contributed by atoms with van der Waals surface area (Å²) < 4.78 is 0. The first-order chi connectivity index (χ1) is 9.15. The quantitative estimate of drug-likeness (QED) is 0.514. The molecule has 0 spiro atoms. The molecule has 5 nitrogen and oxygen atoms in total. The van der Waals surface area contributed by atoms with Crippen LogP contribution in [0.1, 0.15) is 0 Å². The fourth-order valence-corrected chi connectivity index (χ4v) is 2.11. The highest BCUT2D eigenvalue weighted by Crippen LogP contribution is 2.23. The summed E-state index contributed by atoms with van der Waals surface area (Å²) in [6.07, 6.45) is 3.26. The average Bonchev–Trinajstić information content (AvgIpc) is 2.41. The van der Waals surface area contributed by atoms with Crippen LogP contribution in [-0.4, -0.2) is 21.6 Å². The van der Waals surface area contributed by atoms with Crippen LogP contribution >= 0.6 is 23.4 Å². The fourth-order valence-electron chi connectivity index (χ4n) is 1.32. The third-order valence-electron chi connectivity index (χ3n) is 2.16. The van der Waals surface area contributed by atoms with Crippen molar-refractivity contribution in [2.75, 3.05) is 16.8 Å². The van der Waals surface area contributed by atoms with E-state index in [1.807, 2.05) is 0 Å². The van der Waals surface area contributed by atoms with Crippen LogP contribution in [0.15, 0.2) is 41.8 Å². The van der Waals surface area contributed by atoms with Gasteiger partial charge in [-0.3, -0.25) is 4.79 Å². The van der Waals surface area contributed by atoms with Crippen molar-refractivity contribution in [2.24, 2.45) is 0 Å². The molecule has 0 bridgehead atoms. The van der Waals surface area contributed by atoms with Gasteiger partial charge in [0.05, 0.1) is 17.1 Å². The normalized spacial score (nSPS) is 10.2. The van der Waals surface area contributed by atoms with Crippen molar-refractivity contribution in [3.63, 3.8) is 0 Å². The molecule has 0 aliphatic carbocycles. The molecule has 0 saturated heterocycles. The van der Waals surface area contributed by atoms with Crippen LogP contribution in [-0.2, 0) is 4.79 Å². The van der Waals surface area contributed by atoms with Crippen LogP contribution in [0.5, 0.6) is 0 Å². The number of halogens is 1. The predicted octanol–water partition coefficient (Wildman–Crippen LogP) is 2.44. The Morgan fingerprint density at radius 1 is 1.37 bits per heavy atom. The molecule has 0 aliphatic heterocycles. The maximum Gasteiger partial charge on any atom is 0.234 e. The van der Waals surface area contributed by atoms with Gasteiger partial charge in [0.15, 0.2) is 5.16 Å². The SMILES string of the molecule is Nc1cc(Cl)ccc1NC(=O)CSc1ncccn1. The van der Waals surface area contributed by atoms with Crippen LogP contribution in [0.4, 0.5) is 11.4 Å². The number of nitrogens with zero attached hydrogens (tertiary/aromatic N) is 2. The second-order valence-electron chi connectivity index (χ2n) is 3.60. The molecule has 2 aromatic rings. The minimum atomic E-state index is -0.175. The van der Waals surface area contributed by atoms with E-state index in [2.05, 4.69) is 15.3 Å². The molecule has 0 unspecified atom stereocenters. The van der Waals surface area contributed by atoms with E-state index < -0.39 is 0 Å². The van der Waals surface area contributed by atoms with Gasteiger partial charge in [-0.1, -0.05) is 23.4 Å². The number of anilines is 2. The minimum absolute atomic E-state index is 0.175. The third-order valence-corrected chi connectivity index (χ3v) is 3.27. The number of benzene rings is 1. The van der Waals surface area contributed by atoms with Gasteiger partial charge in [0, 0.05) is 17.4 Å². The van der Waals surface area contributed by atoms with Gasteiger partial charge in [-0.25, -0.2) is 9.97 Å². The van der Waals surface area contributed by atoms with E-state index in [-0.39, 0.29) is 11.7 Å². The molecule has 0 fully saturated rings. The molecule has 0 atom stereocenters. The highest BCUT2D eigenvalue weighted by atomic mass is 35.5. The maximum absolute atomic E-state index is 11.7. The Morgan fingerprint density at radius 2 is 2.11 bits per heavy atom. The fraction of sp³-hybridized carbons (Fsp3) is 0.0833. The summed E-state index contributed by atoms with van der Waals surface area (Å²) in [5.41, 5.74) is 6.72. The van der Waals surface area contributed by atoms with Gasteiger partial charge < -0.3 is 11.1 Å². The number of nitrogens with one attached hydrogen (secondary N) is 1. The molecular weight excluding hydrogens is 284 g/mol. The summed E-state index contributed by atoms with van der Waals surface area (Å²) in [6, 6.07) is 6.64. The number of carbonyl (C=O) groups is 1. The Balaban J connectivity index is 1.91. The standard InChI is InChI=1S/C12H11ClN4OS/c13-8-2-3-10(9(14)6-8)17-11(18)7-19-12-15-4-1-5-16-12/h1-6H,7,14H2,(H,17,18). The summed E-state index contributed by atoms with van der Waals surface area (Å²) in [4.78, 5) is 19.8. The molecule has 7 heteroatoms. The van der Waals surface area contributed by atoms with Gasteiger partial charge in [-0.15, -0.1) is 0 Å². The minimum Gasteiger partial charge on any atom is -0.397 e. The van der Waals surface area contributed by atoms with Crippen LogP contribution in [0, 0.1) is 0 Å². The molecule has 98 valence electrons. The van der Waals surface area contributed by atoms with Crippen molar-refractivity contribution in [2.45, 2.75) is 5.16 Å². The van der Waals surface area contributed by atoms with Crippen molar-refractivity contribution in [3.05, 3.63) is 41.7 Å². The Labute approximate surface area is 119 Å². The smallest absolute Gasteiger partial charge is 0.234 e. The summed E-state index contributed by atoms with van der Waals surface area (Å²) in [5, 5.41) is 3.80. The second-order valence-corrected chi connectivity index (χ2v) is 4.98. The van der Waals surface area contributed by atoms with E-state index in [9.17, 15) is 4.79 Å². The largest absolute Gasteiger partial charge is 0.397 e. The van der Waals surface area contributed by atoms with E-state index in [1.54, 1.807) is 36.7 Å². The number of thioether (sulfide) groups is 1. The lowest BCUT2D eigenvalue weighted by Gasteiger charge is -2.07. The van der Waals surface area contributed by atoms with Crippen molar-refractivity contribution >= 4 is 40.6 Å².